The molecule has 1 saturated heterocycles. The molecular formula is C23H35FIN5O2. The van der Waals surface area contributed by atoms with Gasteiger partial charge in [0, 0.05) is 45.2 Å². The lowest BCUT2D eigenvalue weighted by molar-refractivity contribution is -0.135. The molecule has 9 heteroatoms. The zero-order valence-corrected chi connectivity index (χ0v) is 21.1. The third-order valence-corrected chi connectivity index (χ3v) is 6.04. The molecule has 1 aliphatic carbocycles. The van der Waals surface area contributed by atoms with Crippen molar-refractivity contribution in [1.29, 1.82) is 0 Å². The molecule has 178 valence electrons. The van der Waals surface area contributed by atoms with E-state index >= 15 is 0 Å². The number of carbonyl (C=O) groups is 2. The molecule has 1 heterocycles. The molecule has 2 fully saturated rings. The lowest BCUT2D eigenvalue weighted by atomic mass is 9.88. The van der Waals surface area contributed by atoms with Crippen LogP contribution in [0.25, 0.3) is 0 Å². The van der Waals surface area contributed by atoms with E-state index in [0.717, 1.165) is 31.4 Å². The molecule has 2 aliphatic rings. The van der Waals surface area contributed by atoms with Gasteiger partial charge in [0.2, 0.25) is 11.8 Å². The second kappa shape index (κ2) is 13.6. The Balaban J connectivity index is 0.00000363. The van der Waals surface area contributed by atoms with Crippen LogP contribution >= 0.6 is 24.0 Å². The maximum absolute atomic E-state index is 12.9. The summed E-state index contributed by atoms with van der Waals surface area (Å²) < 4.78 is 12.9. The number of aliphatic imine (C=N–C) groups is 1. The topological polar surface area (TPSA) is 85.8 Å². The number of amides is 2. The summed E-state index contributed by atoms with van der Waals surface area (Å²) >= 11 is 0. The maximum Gasteiger partial charge on any atom is 0.225 e. The number of likely N-dealkylation sites (tertiary alicyclic amines) is 1. The lowest BCUT2D eigenvalue weighted by Crippen LogP contribution is -2.47. The molecule has 2 amide bonds. The summed E-state index contributed by atoms with van der Waals surface area (Å²) in [7, 11) is 1.71. The van der Waals surface area contributed by atoms with Crippen molar-refractivity contribution in [3.8, 4) is 0 Å². The first kappa shape index (κ1) is 26.3. The van der Waals surface area contributed by atoms with E-state index in [0.29, 0.717) is 31.5 Å². The Labute approximate surface area is 207 Å². The van der Waals surface area contributed by atoms with Crippen LogP contribution in [0.3, 0.4) is 0 Å². The van der Waals surface area contributed by atoms with Crippen LogP contribution in [0, 0.1) is 11.7 Å². The van der Waals surface area contributed by atoms with Crippen molar-refractivity contribution in [2.45, 2.75) is 51.0 Å². The third-order valence-electron chi connectivity index (χ3n) is 6.04. The summed E-state index contributed by atoms with van der Waals surface area (Å²) in [5.74, 6) is 0.781. The number of rotatable bonds is 7. The summed E-state index contributed by atoms with van der Waals surface area (Å²) in [6, 6.07) is 6.12. The Hall–Kier alpha value is -1.91. The number of hydrogen-bond donors (Lipinski definition) is 3. The zero-order chi connectivity index (χ0) is 22.1. The third kappa shape index (κ3) is 8.22. The average molecular weight is 559 g/mol. The zero-order valence-electron chi connectivity index (χ0n) is 18.7. The minimum Gasteiger partial charge on any atom is -0.355 e. The molecule has 1 aliphatic heterocycles. The van der Waals surface area contributed by atoms with Gasteiger partial charge in [-0.3, -0.25) is 14.6 Å². The fourth-order valence-electron chi connectivity index (χ4n) is 4.31. The second-order valence-electron chi connectivity index (χ2n) is 8.40. The molecule has 1 atom stereocenters. The maximum atomic E-state index is 12.9. The molecule has 0 radical (unpaired) electrons. The number of carbonyl (C=O) groups excluding carboxylic acids is 2. The molecule has 0 spiro atoms. The highest BCUT2D eigenvalue weighted by atomic mass is 127. The van der Waals surface area contributed by atoms with Crippen LogP contribution in [0.15, 0.2) is 29.3 Å². The van der Waals surface area contributed by atoms with Crippen LogP contribution in [0.4, 0.5) is 4.39 Å². The molecule has 1 aromatic carbocycles. The number of guanidine groups is 1. The van der Waals surface area contributed by atoms with Gasteiger partial charge in [-0.15, -0.1) is 24.0 Å². The van der Waals surface area contributed by atoms with Crippen LogP contribution in [0.2, 0.25) is 0 Å². The van der Waals surface area contributed by atoms with Crippen LogP contribution < -0.4 is 16.0 Å². The van der Waals surface area contributed by atoms with Gasteiger partial charge in [-0.2, -0.15) is 0 Å². The Bertz CT molecular complexity index is 768. The monoisotopic (exact) mass is 559 g/mol. The quantitative estimate of drug-likeness (QED) is 0.208. The van der Waals surface area contributed by atoms with Crippen LogP contribution in [-0.4, -0.2) is 61.9 Å². The predicted molar refractivity (Wildman–Crippen MR) is 135 cm³/mol. The van der Waals surface area contributed by atoms with Crippen molar-refractivity contribution in [1.82, 2.24) is 20.9 Å². The molecular weight excluding hydrogens is 524 g/mol. The van der Waals surface area contributed by atoms with E-state index in [4.69, 9.17) is 0 Å². The van der Waals surface area contributed by atoms with E-state index in [2.05, 4.69) is 20.9 Å². The number of halogens is 2. The van der Waals surface area contributed by atoms with Crippen LogP contribution in [0.1, 0.15) is 44.1 Å². The molecule has 3 rings (SSSR count). The van der Waals surface area contributed by atoms with E-state index in [9.17, 15) is 14.0 Å². The van der Waals surface area contributed by atoms with Crippen molar-refractivity contribution in [3.63, 3.8) is 0 Å². The highest BCUT2D eigenvalue weighted by molar-refractivity contribution is 14.0. The Kier molecular flexibility index (Phi) is 11.2. The van der Waals surface area contributed by atoms with E-state index in [1.165, 1.54) is 31.4 Å². The van der Waals surface area contributed by atoms with Crippen molar-refractivity contribution in [2.75, 3.05) is 33.2 Å². The summed E-state index contributed by atoms with van der Waals surface area (Å²) in [5.41, 5.74) is 0.776. The molecule has 3 N–H and O–H groups in total. The molecule has 1 aromatic rings. The van der Waals surface area contributed by atoms with E-state index in [-0.39, 0.29) is 54.1 Å². The molecule has 1 saturated carbocycles. The lowest BCUT2D eigenvalue weighted by Gasteiger charge is -2.26. The van der Waals surface area contributed by atoms with Crippen LogP contribution in [-0.2, 0) is 16.0 Å². The van der Waals surface area contributed by atoms with Crippen molar-refractivity contribution in [2.24, 2.45) is 10.9 Å². The van der Waals surface area contributed by atoms with Gasteiger partial charge in [-0.05, 0) is 37.0 Å². The largest absolute Gasteiger partial charge is 0.355 e. The van der Waals surface area contributed by atoms with E-state index in [1.54, 1.807) is 19.2 Å². The first-order chi connectivity index (χ1) is 15.0. The molecule has 1 unspecified atom stereocenters. The number of hydrogen-bond acceptors (Lipinski definition) is 3. The van der Waals surface area contributed by atoms with Gasteiger partial charge in [0.05, 0.1) is 6.42 Å². The minimum atomic E-state index is -0.309. The summed E-state index contributed by atoms with van der Waals surface area (Å²) in [4.78, 5) is 31.0. The van der Waals surface area contributed by atoms with E-state index in [1.807, 2.05) is 4.90 Å². The molecule has 32 heavy (non-hydrogen) atoms. The highest BCUT2D eigenvalue weighted by Crippen LogP contribution is 2.26. The Morgan fingerprint density at radius 1 is 1.06 bits per heavy atom. The van der Waals surface area contributed by atoms with Gasteiger partial charge in [0.15, 0.2) is 5.96 Å². The summed E-state index contributed by atoms with van der Waals surface area (Å²) in [6.45, 7) is 2.50. The minimum absolute atomic E-state index is 0. The standard InChI is InChI=1S/C23H34FN5O2.HI/c1-25-23(27-13-12-26-21(30)15-17-7-9-19(24)10-8-17)28-20-11-14-29(16-20)22(31)18-5-3-2-4-6-18;/h7-10,18,20H,2-6,11-16H2,1H3,(H,26,30)(H2,25,27,28);1H. The van der Waals surface area contributed by atoms with Gasteiger partial charge >= 0.3 is 0 Å². The fourth-order valence-corrected chi connectivity index (χ4v) is 4.31. The van der Waals surface area contributed by atoms with Gasteiger partial charge in [-0.25, -0.2) is 4.39 Å². The Morgan fingerprint density at radius 2 is 1.75 bits per heavy atom. The molecule has 0 bridgehead atoms. The normalized spacial score (nSPS) is 19.2. The smallest absolute Gasteiger partial charge is 0.225 e. The van der Waals surface area contributed by atoms with E-state index < -0.39 is 0 Å². The van der Waals surface area contributed by atoms with Gasteiger partial charge in [0.25, 0.3) is 0 Å². The predicted octanol–water partition coefficient (Wildman–Crippen LogP) is 2.45. The highest BCUT2D eigenvalue weighted by Gasteiger charge is 2.31. The summed E-state index contributed by atoms with van der Waals surface area (Å²) in [5, 5.41) is 9.43. The van der Waals surface area contributed by atoms with Crippen molar-refractivity contribution in [3.05, 3.63) is 35.6 Å². The number of nitrogens with one attached hydrogen (secondary N) is 3. The first-order valence-electron chi connectivity index (χ1n) is 11.3. The Morgan fingerprint density at radius 3 is 2.44 bits per heavy atom. The van der Waals surface area contributed by atoms with Gasteiger partial charge < -0.3 is 20.9 Å². The SMILES string of the molecule is CN=C(NCCNC(=O)Cc1ccc(F)cc1)NC1CCN(C(=O)C2CCCCC2)C1.I. The van der Waals surface area contributed by atoms with Gasteiger partial charge in [0.1, 0.15) is 5.82 Å². The first-order valence-corrected chi connectivity index (χ1v) is 11.3. The van der Waals surface area contributed by atoms with Crippen molar-refractivity contribution < 1.29 is 14.0 Å². The van der Waals surface area contributed by atoms with Gasteiger partial charge in [-0.1, -0.05) is 31.4 Å². The summed E-state index contributed by atoms with van der Waals surface area (Å²) in [6.07, 6.45) is 6.79. The number of benzene rings is 1. The van der Waals surface area contributed by atoms with Crippen LogP contribution in [0.5, 0.6) is 0 Å². The molecule has 7 nitrogen and oxygen atoms in total. The average Bonchev–Trinajstić information content (AvgIpc) is 3.26. The van der Waals surface area contributed by atoms with Crippen molar-refractivity contribution >= 4 is 41.8 Å². The molecule has 0 aromatic heterocycles. The second-order valence-corrected chi connectivity index (χ2v) is 8.40. The number of nitrogens with zero attached hydrogens (tertiary/aromatic N) is 2. The fraction of sp³-hybridized carbons (Fsp3) is 0.609.